The first kappa shape index (κ1) is 10.9. The van der Waals surface area contributed by atoms with Crippen molar-refractivity contribution in [3.63, 3.8) is 0 Å². The molecule has 0 spiro atoms. The Labute approximate surface area is 93.5 Å². The van der Waals surface area contributed by atoms with E-state index < -0.39 is 11.4 Å². The van der Waals surface area contributed by atoms with Crippen LogP contribution >= 0.6 is 0 Å². The number of hydrogen-bond donors (Lipinski definition) is 1. The zero-order valence-corrected chi connectivity index (χ0v) is 9.14. The number of carbonyl (C=O) groups is 1. The Morgan fingerprint density at radius 2 is 1.94 bits per heavy atom. The smallest absolute Gasteiger partial charge is 0.316 e. The number of carboxylic acid groups (broad SMARTS) is 1. The molecular formula is C11H14N2O3. The molecule has 5 nitrogen and oxygen atoms in total. The van der Waals surface area contributed by atoms with Gasteiger partial charge in [-0.1, -0.05) is 12.8 Å². The second-order valence-corrected chi connectivity index (χ2v) is 4.05. The van der Waals surface area contributed by atoms with E-state index in [1.807, 2.05) is 0 Å². The van der Waals surface area contributed by atoms with Crippen molar-refractivity contribution in [2.45, 2.75) is 31.1 Å². The summed E-state index contributed by atoms with van der Waals surface area (Å²) in [7, 11) is 1.48. The Balaban J connectivity index is 2.36. The Hall–Kier alpha value is -1.65. The summed E-state index contributed by atoms with van der Waals surface area (Å²) < 4.78 is 4.86. The van der Waals surface area contributed by atoms with E-state index in [2.05, 4.69) is 9.97 Å². The summed E-state index contributed by atoms with van der Waals surface area (Å²) >= 11 is 0. The summed E-state index contributed by atoms with van der Waals surface area (Å²) in [5.41, 5.74) is -0.106. The first-order chi connectivity index (χ1) is 7.69. The van der Waals surface area contributed by atoms with Crippen LogP contribution in [0.25, 0.3) is 0 Å². The van der Waals surface area contributed by atoms with Gasteiger partial charge in [0.1, 0.15) is 0 Å². The van der Waals surface area contributed by atoms with E-state index in [-0.39, 0.29) is 6.01 Å². The van der Waals surface area contributed by atoms with Crippen LogP contribution in [0.4, 0.5) is 0 Å². The normalized spacial score (nSPS) is 18.3. The minimum absolute atomic E-state index is 0.266. The lowest BCUT2D eigenvalue weighted by Crippen LogP contribution is -2.32. The molecule has 1 aliphatic rings. The van der Waals surface area contributed by atoms with Crippen LogP contribution < -0.4 is 4.74 Å². The molecule has 1 aliphatic carbocycles. The largest absolute Gasteiger partial charge is 0.481 e. The zero-order chi connectivity index (χ0) is 11.6. The fourth-order valence-electron chi connectivity index (χ4n) is 2.27. The molecular weight excluding hydrogens is 208 g/mol. The Kier molecular flexibility index (Phi) is 2.77. The van der Waals surface area contributed by atoms with Crippen LogP contribution in [0.2, 0.25) is 0 Å². The molecule has 1 N–H and O–H groups in total. The lowest BCUT2D eigenvalue weighted by molar-refractivity contribution is -0.143. The summed E-state index contributed by atoms with van der Waals surface area (Å²) in [6.07, 6.45) is 6.34. The zero-order valence-electron chi connectivity index (χ0n) is 9.14. The molecule has 16 heavy (non-hydrogen) atoms. The van der Waals surface area contributed by atoms with Gasteiger partial charge in [-0.05, 0) is 12.8 Å². The lowest BCUT2D eigenvalue weighted by atomic mass is 9.80. The highest BCUT2D eigenvalue weighted by atomic mass is 16.5. The minimum atomic E-state index is -0.785. The average molecular weight is 222 g/mol. The van der Waals surface area contributed by atoms with E-state index in [4.69, 9.17) is 4.74 Å². The van der Waals surface area contributed by atoms with Gasteiger partial charge in [0.25, 0.3) is 0 Å². The Morgan fingerprint density at radius 3 is 2.38 bits per heavy atom. The average Bonchev–Trinajstić information content (AvgIpc) is 2.79. The standard InChI is InChI=1S/C11H14N2O3/c1-16-10-12-6-8(7-13-10)11(9(14)15)4-2-3-5-11/h6-7H,2-5H2,1H3,(H,14,15). The van der Waals surface area contributed by atoms with Crippen molar-refractivity contribution >= 4 is 5.97 Å². The minimum Gasteiger partial charge on any atom is -0.481 e. The summed E-state index contributed by atoms with van der Waals surface area (Å²) in [6, 6.07) is 0.266. The van der Waals surface area contributed by atoms with E-state index in [9.17, 15) is 9.90 Å². The van der Waals surface area contributed by atoms with Crippen LogP contribution in [-0.2, 0) is 10.2 Å². The highest BCUT2D eigenvalue weighted by Gasteiger charge is 2.43. The first-order valence-corrected chi connectivity index (χ1v) is 5.29. The highest BCUT2D eigenvalue weighted by Crippen LogP contribution is 2.40. The Morgan fingerprint density at radius 1 is 1.38 bits per heavy atom. The van der Waals surface area contributed by atoms with Crippen molar-refractivity contribution in [3.8, 4) is 6.01 Å². The third-order valence-corrected chi connectivity index (χ3v) is 3.23. The van der Waals surface area contributed by atoms with Gasteiger partial charge in [-0.2, -0.15) is 0 Å². The Bertz CT molecular complexity index is 383. The van der Waals surface area contributed by atoms with Crippen LogP contribution in [0.1, 0.15) is 31.2 Å². The van der Waals surface area contributed by atoms with Crippen LogP contribution in [0.15, 0.2) is 12.4 Å². The summed E-state index contributed by atoms with van der Waals surface area (Å²) in [4.78, 5) is 19.3. The molecule has 1 fully saturated rings. The molecule has 1 heterocycles. The molecule has 0 amide bonds. The second kappa shape index (κ2) is 4.08. The third-order valence-electron chi connectivity index (χ3n) is 3.23. The third kappa shape index (κ3) is 1.62. The van der Waals surface area contributed by atoms with E-state index in [0.29, 0.717) is 18.4 Å². The van der Waals surface area contributed by atoms with E-state index in [1.165, 1.54) is 7.11 Å². The van der Waals surface area contributed by atoms with Gasteiger partial charge in [0.15, 0.2) is 0 Å². The predicted octanol–water partition coefficient (Wildman–Crippen LogP) is 1.38. The van der Waals surface area contributed by atoms with Gasteiger partial charge in [-0.15, -0.1) is 0 Å². The van der Waals surface area contributed by atoms with Gasteiger partial charge < -0.3 is 9.84 Å². The van der Waals surface area contributed by atoms with E-state index >= 15 is 0 Å². The summed E-state index contributed by atoms with van der Waals surface area (Å²) in [5.74, 6) is -0.779. The van der Waals surface area contributed by atoms with Gasteiger partial charge in [0.2, 0.25) is 0 Å². The van der Waals surface area contributed by atoms with Crippen molar-refractivity contribution in [2.75, 3.05) is 7.11 Å². The van der Waals surface area contributed by atoms with Crippen molar-refractivity contribution < 1.29 is 14.6 Å². The predicted molar refractivity (Wildman–Crippen MR) is 56.4 cm³/mol. The maximum absolute atomic E-state index is 11.4. The number of nitrogens with zero attached hydrogens (tertiary/aromatic N) is 2. The molecule has 0 aromatic carbocycles. The quantitative estimate of drug-likeness (QED) is 0.836. The number of aromatic nitrogens is 2. The maximum atomic E-state index is 11.4. The van der Waals surface area contributed by atoms with Crippen molar-refractivity contribution in [1.82, 2.24) is 9.97 Å². The molecule has 0 saturated heterocycles. The molecule has 0 aliphatic heterocycles. The molecule has 2 rings (SSSR count). The molecule has 1 aromatic heterocycles. The SMILES string of the molecule is COc1ncc(C2(C(=O)O)CCCC2)cn1. The van der Waals surface area contributed by atoms with Crippen molar-refractivity contribution in [3.05, 3.63) is 18.0 Å². The summed E-state index contributed by atoms with van der Waals surface area (Å²) in [5, 5.41) is 9.36. The first-order valence-electron chi connectivity index (χ1n) is 5.29. The fraction of sp³-hybridized carbons (Fsp3) is 0.545. The van der Waals surface area contributed by atoms with Crippen molar-refractivity contribution in [2.24, 2.45) is 0 Å². The van der Waals surface area contributed by atoms with E-state index in [1.54, 1.807) is 12.4 Å². The number of aliphatic carboxylic acids is 1. The van der Waals surface area contributed by atoms with Gasteiger partial charge in [0.05, 0.1) is 12.5 Å². The fourth-order valence-corrected chi connectivity index (χ4v) is 2.27. The molecule has 1 aromatic rings. The maximum Gasteiger partial charge on any atom is 0.316 e. The second-order valence-electron chi connectivity index (χ2n) is 4.05. The van der Waals surface area contributed by atoms with Gasteiger partial charge >= 0.3 is 12.0 Å². The number of rotatable bonds is 3. The number of hydrogen-bond acceptors (Lipinski definition) is 4. The number of methoxy groups -OCH3 is 1. The van der Waals surface area contributed by atoms with Crippen LogP contribution in [-0.4, -0.2) is 28.2 Å². The molecule has 0 atom stereocenters. The van der Waals surface area contributed by atoms with Crippen LogP contribution in [0.3, 0.4) is 0 Å². The van der Waals surface area contributed by atoms with Gasteiger partial charge in [-0.25, -0.2) is 9.97 Å². The monoisotopic (exact) mass is 222 g/mol. The van der Waals surface area contributed by atoms with Gasteiger partial charge in [0, 0.05) is 18.0 Å². The van der Waals surface area contributed by atoms with Gasteiger partial charge in [-0.3, -0.25) is 4.79 Å². The molecule has 1 saturated carbocycles. The molecule has 0 unspecified atom stereocenters. The van der Waals surface area contributed by atoms with Crippen molar-refractivity contribution in [1.29, 1.82) is 0 Å². The number of carboxylic acids is 1. The molecule has 0 radical (unpaired) electrons. The van der Waals surface area contributed by atoms with E-state index in [0.717, 1.165) is 12.8 Å². The summed E-state index contributed by atoms with van der Waals surface area (Å²) in [6.45, 7) is 0. The highest BCUT2D eigenvalue weighted by molar-refractivity contribution is 5.81. The molecule has 86 valence electrons. The molecule has 0 bridgehead atoms. The van der Waals surface area contributed by atoms with Crippen LogP contribution in [0.5, 0.6) is 6.01 Å². The topological polar surface area (TPSA) is 72.3 Å². The lowest BCUT2D eigenvalue weighted by Gasteiger charge is -2.23. The number of ether oxygens (including phenoxy) is 1. The molecule has 5 heteroatoms. The van der Waals surface area contributed by atoms with Crippen LogP contribution in [0, 0.1) is 0 Å².